The van der Waals surface area contributed by atoms with Crippen LogP contribution in [0.3, 0.4) is 0 Å². The van der Waals surface area contributed by atoms with Crippen LogP contribution >= 0.6 is 22.6 Å². The van der Waals surface area contributed by atoms with E-state index in [-0.39, 0.29) is 0 Å². The third kappa shape index (κ3) is 2.01. The summed E-state index contributed by atoms with van der Waals surface area (Å²) in [6, 6.07) is 0.715. The fourth-order valence-corrected chi connectivity index (χ4v) is 2.16. The lowest BCUT2D eigenvalue weighted by atomic mass is 9.81. The second kappa shape index (κ2) is 3.64. The van der Waals surface area contributed by atoms with Crippen LogP contribution in [0, 0.1) is 11.8 Å². The number of aliphatic imine (C=N–C) groups is 1. The molecule has 0 radical (unpaired) electrons. The molecule has 0 saturated heterocycles. The van der Waals surface area contributed by atoms with Crippen LogP contribution in [0.25, 0.3) is 0 Å². The molecule has 2 unspecified atom stereocenters. The van der Waals surface area contributed by atoms with Crippen LogP contribution in [0.5, 0.6) is 0 Å². The molecular weight excluding hydrogens is 261 g/mol. The summed E-state index contributed by atoms with van der Waals surface area (Å²) in [6.45, 7) is 2.19. The molecule has 0 aromatic carbocycles. The molecule has 2 fully saturated rings. The SMILES string of the molecule is CC(I)/C=N/C1C[C@@H]1C1CCC1. The van der Waals surface area contributed by atoms with Gasteiger partial charge < -0.3 is 0 Å². The minimum atomic E-state index is 0.602. The van der Waals surface area contributed by atoms with Gasteiger partial charge in [-0.1, -0.05) is 41.9 Å². The van der Waals surface area contributed by atoms with Gasteiger partial charge in [0.25, 0.3) is 0 Å². The first-order valence-corrected chi connectivity index (χ1v) is 6.19. The zero-order valence-electron chi connectivity index (χ0n) is 7.54. The Hall–Kier alpha value is 0.400. The summed E-state index contributed by atoms with van der Waals surface area (Å²) in [5, 5.41) is 0. The highest BCUT2D eigenvalue weighted by molar-refractivity contribution is 14.1. The van der Waals surface area contributed by atoms with Gasteiger partial charge in [0.05, 0.1) is 6.04 Å². The van der Waals surface area contributed by atoms with E-state index >= 15 is 0 Å². The first-order chi connectivity index (χ1) is 5.77. The normalized spacial score (nSPS) is 38.2. The Morgan fingerprint density at radius 1 is 1.50 bits per heavy atom. The highest BCUT2D eigenvalue weighted by Crippen LogP contribution is 2.48. The maximum Gasteiger partial charge on any atom is 0.0531 e. The fourth-order valence-electron chi connectivity index (χ4n) is 1.98. The van der Waals surface area contributed by atoms with E-state index in [1.165, 1.54) is 25.7 Å². The van der Waals surface area contributed by atoms with E-state index in [1.807, 2.05) is 0 Å². The van der Waals surface area contributed by atoms with E-state index in [0.717, 1.165) is 11.8 Å². The van der Waals surface area contributed by atoms with Crippen molar-refractivity contribution in [2.75, 3.05) is 0 Å². The first-order valence-electron chi connectivity index (χ1n) is 4.94. The van der Waals surface area contributed by atoms with Crippen molar-refractivity contribution in [3.63, 3.8) is 0 Å². The van der Waals surface area contributed by atoms with Crippen molar-refractivity contribution in [3.05, 3.63) is 0 Å². The van der Waals surface area contributed by atoms with E-state index in [2.05, 4.69) is 40.7 Å². The maximum atomic E-state index is 4.59. The highest BCUT2D eigenvalue weighted by Gasteiger charge is 2.44. The van der Waals surface area contributed by atoms with Gasteiger partial charge in [-0.15, -0.1) is 0 Å². The standard InChI is InChI=1S/C10H16IN/c1-7(11)6-12-10-5-9(10)8-3-2-4-8/h6-10H,2-5H2,1H3/b12-6+/t7?,9-,10?/m1/s1. The van der Waals surface area contributed by atoms with Crippen molar-refractivity contribution in [2.24, 2.45) is 16.8 Å². The van der Waals surface area contributed by atoms with E-state index in [9.17, 15) is 0 Å². The van der Waals surface area contributed by atoms with Crippen LogP contribution in [-0.4, -0.2) is 16.2 Å². The molecule has 12 heavy (non-hydrogen) atoms. The number of alkyl halides is 1. The molecule has 0 aliphatic heterocycles. The fraction of sp³-hybridized carbons (Fsp3) is 0.900. The lowest BCUT2D eigenvalue weighted by molar-refractivity contribution is 0.274. The molecule has 3 atom stereocenters. The molecular formula is C10H16IN. The van der Waals surface area contributed by atoms with Crippen molar-refractivity contribution in [1.82, 2.24) is 0 Å². The first kappa shape index (κ1) is 8.97. The van der Waals surface area contributed by atoms with Crippen molar-refractivity contribution in [2.45, 2.75) is 42.6 Å². The number of hydrogen-bond acceptors (Lipinski definition) is 1. The van der Waals surface area contributed by atoms with Gasteiger partial charge in [-0.2, -0.15) is 0 Å². The third-order valence-corrected chi connectivity index (χ3v) is 3.36. The van der Waals surface area contributed by atoms with Crippen LogP contribution < -0.4 is 0 Å². The summed E-state index contributed by atoms with van der Waals surface area (Å²) >= 11 is 2.40. The second-order valence-electron chi connectivity index (χ2n) is 4.13. The number of nitrogens with zero attached hydrogens (tertiary/aromatic N) is 1. The highest BCUT2D eigenvalue weighted by atomic mass is 127. The van der Waals surface area contributed by atoms with Gasteiger partial charge in [0.2, 0.25) is 0 Å². The summed E-state index contributed by atoms with van der Waals surface area (Å²) in [6.07, 6.45) is 7.93. The molecule has 2 rings (SSSR count). The Morgan fingerprint density at radius 3 is 2.75 bits per heavy atom. The largest absolute Gasteiger partial charge is 0.293 e. The Labute approximate surface area is 88.2 Å². The summed E-state index contributed by atoms with van der Waals surface area (Å²) in [5.41, 5.74) is 0. The third-order valence-electron chi connectivity index (χ3n) is 3.04. The Balaban J connectivity index is 1.72. The van der Waals surface area contributed by atoms with E-state index in [0.29, 0.717) is 9.97 Å². The van der Waals surface area contributed by atoms with Crippen LogP contribution in [0.15, 0.2) is 4.99 Å². The van der Waals surface area contributed by atoms with Gasteiger partial charge in [0.1, 0.15) is 0 Å². The van der Waals surface area contributed by atoms with E-state index in [1.54, 1.807) is 0 Å². The molecule has 0 N–H and O–H groups in total. The van der Waals surface area contributed by atoms with Crippen molar-refractivity contribution in [3.8, 4) is 0 Å². The predicted octanol–water partition coefficient (Wildman–Crippen LogP) is 3.07. The molecule has 2 aliphatic carbocycles. The predicted molar refractivity (Wildman–Crippen MR) is 61.2 cm³/mol. The Morgan fingerprint density at radius 2 is 2.25 bits per heavy atom. The van der Waals surface area contributed by atoms with Crippen LogP contribution in [0.4, 0.5) is 0 Å². The lowest BCUT2D eigenvalue weighted by Crippen LogP contribution is -2.14. The van der Waals surface area contributed by atoms with Gasteiger partial charge >= 0.3 is 0 Å². The molecule has 0 heterocycles. The average Bonchev–Trinajstić information content (AvgIpc) is 2.60. The smallest absolute Gasteiger partial charge is 0.0531 e. The van der Waals surface area contributed by atoms with Crippen LogP contribution in [0.1, 0.15) is 32.6 Å². The molecule has 1 nitrogen and oxygen atoms in total. The minimum Gasteiger partial charge on any atom is -0.293 e. The molecule has 68 valence electrons. The van der Waals surface area contributed by atoms with Crippen molar-refractivity contribution in [1.29, 1.82) is 0 Å². The van der Waals surface area contributed by atoms with Crippen molar-refractivity contribution >= 4 is 28.8 Å². The lowest BCUT2D eigenvalue weighted by Gasteiger charge is -2.24. The summed E-state index contributed by atoms with van der Waals surface area (Å²) in [4.78, 5) is 4.59. The molecule has 0 aromatic heterocycles. The molecule has 0 spiro atoms. The average molecular weight is 277 g/mol. The quantitative estimate of drug-likeness (QED) is 0.427. The summed E-state index contributed by atoms with van der Waals surface area (Å²) < 4.78 is 0.602. The van der Waals surface area contributed by atoms with Gasteiger partial charge in [-0.3, -0.25) is 4.99 Å². The van der Waals surface area contributed by atoms with Crippen LogP contribution in [0.2, 0.25) is 0 Å². The molecule has 0 aromatic rings. The van der Waals surface area contributed by atoms with Gasteiger partial charge in [0, 0.05) is 10.1 Å². The topological polar surface area (TPSA) is 12.4 Å². The molecule has 2 aliphatic rings. The number of rotatable bonds is 3. The summed E-state index contributed by atoms with van der Waals surface area (Å²) in [5.74, 6) is 2.03. The van der Waals surface area contributed by atoms with E-state index < -0.39 is 0 Å². The number of hydrogen-bond donors (Lipinski definition) is 0. The Bertz CT molecular complexity index is 184. The molecule has 2 saturated carbocycles. The maximum absolute atomic E-state index is 4.59. The van der Waals surface area contributed by atoms with Gasteiger partial charge in [-0.05, 0) is 25.2 Å². The van der Waals surface area contributed by atoms with Crippen LogP contribution in [-0.2, 0) is 0 Å². The van der Waals surface area contributed by atoms with E-state index in [4.69, 9.17) is 0 Å². The zero-order valence-corrected chi connectivity index (χ0v) is 9.70. The van der Waals surface area contributed by atoms with Gasteiger partial charge in [0.15, 0.2) is 0 Å². The van der Waals surface area contributed by atoms with Crippen molar-refractivity contribution < 1.29 is 0 Å². The molecule has 0 bridgehead atoms. The molecule has 0 amide bonds. The monoisotopic (exact) mass is 277 g/mol. The number of halogens is 1. The summed E-state index contributed by atoms with van der Waals surface area (Å²) in [7, 11) is 0. The molecule has 2 heteroatoms. The zero-order chi connectivity index (χ0) is 8.55. The minimum absolute atomic E-state index is 0.602. The second-order valence-corrected chi connectivity index (χ2v) is 6.10. The Kier molecular flexibility index (Phi) is 2.72. The van der Waals surface area contributed by atoms with Gasteiger partial charge in [-0.25, -0.2) is 0 Å².